The van der Waals surface area contributed by atoms with Gasteiger partial charge >= 0.3 is 0 Å². The topological polar surface area (TPSA) is 82.6 Å². The summed E-state index contributed by atoms with van der Waals surface area (Å²) in [4.78, 5) is 20.5. The number of halogens is 4. The summed E-state index contributed by atoms with van der Waals surface area (Å²) < 4.78 is 58.8. The van der Waals surface area contributed by atoms with Gasteiger partial charge in [0.1, 0.15) is 12.4 Å². The van der Waals surface area contributed by atoms with Crippen molar-refractivity contribution in [2.45, 2.75) is 26.9 Å². The fourth-order valence-electron chi connectivity index (χ4n) is 3.46. The predicted octanol–water partition coefficient (Wildman–Crippen LogP) is 5.80. The maximum atomic E-state index is 14.7. The van der Waals surface area contributed by atoms with E-state index in [1.165, 1.54) is 20.3 Å². The molecule has 1 N–H and O–H groups in total. The van der Waals surface area contributed by atoms with Crippen LogP contribution >= 0.6 is 11.6 Å². The third-order valence-electron chi connectivity index (χ3n) is 5.20. The molecule has 11 heteroatoms. The molecule has 0 aliphatic rings. The van der Waals surface area contributed by atoms with E-state index in [2.05, 4.69) is 21.9 Å². The number of hydrogen-bond donors (Lipinski definition) is 1. The Kier molecular flexibility index (Phi) is 8.41. The van der Waals surface area contributed by atoms with Gasteiger partial charge in [-0.05, 0) is 37.6 Å². The maximum Gasteiger partial charge on any atom is 0.227 e. The Bertz CT molecular complexity index is 1280. The van der Waals surface area contributed by atoms with Crippen molar-refractivity contribution in [3.63, 3.8) is 0 Å². The van der Waals surface area contributed by atoms with Crippen LogP contribution in [0.1, 0.15) is 22.5 Å². The first-order chi connectivity index (χ1) is 17.1. The van der Waals surface area contributed by atoms with Gasteiger partial charge in [0, 0.05) is 12.5 Å². The molecule has 0 saturated heterocycles. The number of aryl methyl sites for hydroxylation is 2. The first-order valence-electron chi connectivity index (χ1n) is 10.6. The highest BCUT2D eigenvalue weighted by molar-refractivity contribution is 6.33. The predicted molar refractivity (Wildman–Crippen MR) is 129 cm³/mol. The molecule has 0 saturated carbocycles. The highest BCUT2D eigenvalue weighted by Crippen LogP contribution is 2.34. The molecule has 0 unspecified atom stereocenters. The van der Waals surface area contributed by atoms with Crippen LogP contribution in [0.5, 0.6) is 17.2 Å². The van der Waals surface area contributed by atoms with Crippen molar-refractivity contribution in [1.29, 1.82) is 0 Å². The van der Waals surface area contributed by atoms with Gasteiger partial charge in [0.2, 0.25) is 5.95 Å². The fraction of sp³-hybridized carbons (Fsp3) is 0.240. The molecule has 3 aromatic rings. The molecule has 0 aliphatic carbocycles. The molecule has 0 radical (unpaired) electrons. The molecule has 0 fully saturated rings. The molecule has 36 heavy (non-hydrogen) atoms. The minimum atomic E-state index is -0.919. The average molecular weight is 522 g/mol. The van der Waals surface area contributed by atoms with E-state index >= 15 is 0 Å². The fourth-order valence-corrected chi connectivity index (χ4v) is 3.73. The van der Waals surface area contributed by atoms with Crippen molar-refractivity contribution in [3.05, 3.63) is 75.8 Å². The van der Waals surface area contributed by atoms with Gasteiger partial charge < -0.3 is 19.5 Å². The molecule has 0 aliphatic heterocycles. The summed E-state index contributed by atoms with van der Waals surface area (Å²) in [6.07, 6.45) is 0.993. The van der Waals surface area contributed by atoms with Crippen LogP contribution in [0.4, 0.5) is 24.8 Å². The molecule has 3 rings (SSSR count). The van der Waals surface area contributed by atoms with E-state index in [1.807, 2.05) is 0 Å². The lowest BCUT2D eigenvalue weighted by molar-refractivity contribution is -0.114. The van der Waals surface area contributed by atoms with Crippen LogP contribution in [0.2, 0.25) is 5.02 Å². The zero-order chi connectivity index (χ0) is 26.6. The lowest BCUT2D eigenvalue weighted by atomic mass is 10.1. The van der Waals surface area contributed by atoms with E-state index in [4.69, 9.17) is 25.8 Å². The third-order valence-corrected chi connectivity index (χ3v) is 5.49. The van der Waals surface area contributed by atoms with Gasteiger partial charge in [-0.3, -0.25) is 4.79 Å². The number of hydrogen-bond acceptors (Lipinski definition) is 7. The molecule has 190 valence electrons. The number of benzene rings is 2. The van der Waals surface area contributed by atoms with Gasteiger partial charge in [0.05, 0.1) is 41.9 Å². The zero-order valence-corrected chi connectivity index (χ0v) is 20.7. The van der Waals surface area contributed by atoms with Crippen molar-refractivity contribution in [1.82, 2.24) is 9.97 Å². The number of allylic oxidation sites excluding steroid dienone is 1. The van der Waals surface area contributed by atoms with Gasteiger partial charge in [-0.25, -0.2) is 23.1 Å². The van der Waals surface area contributed by atoms with Gasteiger partial charge in [-0.1, -0.05) is 18.2 Å². The van der Waals surface area contributed by atoms with Crippen LogP contribution in [-0.4, -0.2) is 30.0 Å². The van der Waals surface area contributed by atoms with Gasteiger partial charge in [-0.2, -0.15) is 0 Å². The summed E-state index contributed by atoms with van der Waals surface area (Å²) in [5.74, 6) is -2.87. The van der Waals surface area contributed by atoms with Crippen molar-refractivity contribution >= 4 is 29.0 Å². The normalized spacial score (nSPS) is 10.7. The number of nitrogens with zero attached hydrogens (tertiary/aromatic N) is 2. The Labute approximate surface area is 210 Å². The quantitative estimate of drug-likeness (QED) is 0.337. The first kappa shape index (κ1) is 26.8. The lowest BCUT2D eigenvalue weighted by Crippen LogP contribution is -2.10. The summed E-state index contributed by atoms with van der Waals surface area (Å²) in [5, 5.41) is 2.94. The number of anilines is 2. The van der Waals surface area contributed by atoms with Crippen LogP contribution in [0, 0.1) is 31.3 Å². The van der Waals surface area contributed by atoms with Crippen molar-refractivity contribution in [2.75, 3.05) is 19.5 Å². The summed E-state index contributed by atoms with van der Waals surface area (Å²) in [7, 11) is 2.50. The summed E-state index contributed by atoms with van der Waals surface area (Å²) in [5.41, 5.74) is 0.863. The summed E-state index contributed by atoms with van der Waals surface area (Å²) in [6, 6.07) is 3.37. The van der Waals surface area contributed by atoms with Crippen LogP contribution in [0.15, 0.2) is 30.9 Å². The largest absolute Gasteiger partial charge is 0.494 e. The Morgan fingerprint density at radius 1 is 1.06 bits per heavy atom. The van der Waals surface area contributed by atoms with E-state index in [9.17, 15) is 18.0 Å². The second-order valence-electron chi connectivity index (χ2n) is 7.62. The highest BCUT2D eigenvalue weighted by atomic mass is 35.5. The zero-order valence-electron chi connectivity index (χ0n) is 20.0. The van der Waals surface area contributed by atoms with E-state index in [1.54, 1.807) is 13.8 Å². The number of ether oxygens (including phenoxy) is 3. The number of carbonyl (C=O) groups excluding carboxylic acids is 1. The average Bonchev–Trinajstić information content (AvgIpc) is 2.82. The smallest absolute Gasteiger partial charge is 0.227 e. The first-order valence-corrected chi connectivity index (χ1v) is 10.9. The molecule has 1 heterocycles. The second kappa shape index (κ2) is 11.3. The Morgan fingerprint density at radius 2 is 1.64 bits per heavy atom. The summed E-state index contributed by atoms with van der Waals surface area (Å²) in [6.45, 7) is 6.16. The number of nitrogens with one attached hydrogen (secondary N) is 1. The molecule has 0 atom stereocenters. The van der Waals surface area contributed by atoms with Crippen molar-refractivity contribution < 1.29 is 32.2 Å². The van der Waals surface area contributed by atoms with Gasteiger partial charge in [0.15, 0.2) is 34.7 Å². The Morgan fingerprint density at radius 3 is 2.17 bits per heavy atom. The highest BCUT2D eigenvalue weighted by Gasteiger charge is 2.22. The Balaban J connectivity index is 1.90. The molecule has 1 aromatic heterocycles. The molecule has 7 nitrogen and oxygen atoms in total. The number of carbonyl (C=O) groups is 1. The SMILES string of the molecule is C=CC(=O)Cc1cc(F)cc(Cl)c1Nc1nc(C)c(OCc2c(F)c(OC)cc(OC)c2F)c(C)n1. The molecule has 2 aromatic carbocycles. The standard InChI is InChI=1S/C25H23ClF3N3O4/c1-6-16(33)8-14-7-15(27)9-18(26)23(14)32-25-30-12(2)24(13(3)31-25)36-11-17-21(28)19(34-4)10-20(35-5)22(17)29/h6-7,9-10H,1,8,11H2,2-5H3,(H,30,31,32). The van der Waals surface area contributed by atoms with Crippen LogP contribution in [0.25, 0.3) is 0 Å². The van der Waals surface area contributed by atoms with Crippen molar-refractivity contribution in [2.24, 2.45) is 0 Å². The van der Waals surface area contributed by atoms with E-state index in [0.717, 1.165) is 18.2 Å². The van der Waals surface area contributed by atoms with Gasteiger partial charge in [0.25, 0.3) is 0 Å². The Hall–Kier alpha value is -3.79. The number of aromatic nitrogens is 2. The second-order valence-corrected chi connectivity index (χ2v) is 8.02. The van der Waals surface area contributed by atoms with Crippen LogP contribution < -0.4 is 19.5 Å². The monoisotopic (exact) mass is 521 g/mol. The molecule has 0 spiro atoms. The maximum absolute atomic E-state index is 14.7. The molecular formula is C25H23ClF3N3O4. The van der Waals surface area contributed by atoms with Crippen molar-refractivity contribution in [3.8, 4) is 17.2 Å². The minimum absolute atomic E-state index is 0.0269. The third kappa shape index (κ3) is 5.71. The molecular weight excluding hydrogens is 499 g/mol. The van der Waals surface area contributed by atoms with Crippen LogP contribution in [0.3, 0.4) is 0 Å². The van der Waals surface area contributed by atoms with Gasteiger partial charge in [-0.15, -0.1) is 0 Å². The van der Waals surface area contributed by atoms with Crippen LogP contribution in [-0.2, 0) is 17.8 Å². The number of rotatable bonds is 10. The molecule has 0 amide bonds. The number of ketones is 1. The summed E-state index contributed by atoms with van der Waals surface area (Å²) >= 11 is 6.21. The lowest BCUT2D eigenvalue weighted by Gasteiger charge is -2.17. The van der Waals surface area contributed by atoms with E-state index < -0.39 is 24.1 Å². The van der Waals surface area contributed by atoms with E-state index in [0.29, 0.717) is 17.0 Å². The van der Waals surface area contributed by atoms with E-state index in [-0.39, 0.29) is 51.7 Å². The minimum Gasteiger partial charge on any atom is -0.494 e. The number of methoxy groups -OCH3 is 2. The molecule has 0 bridgehead atoms.